The smallest absolute Gasteiger partial charge is 0.251 e. The van der Waals surface area contributed by atoms with Crippen LogP contribution in [-0.2, 0) is 11.3 Å². The number of aromatic nitrogens is 1. The minimum atomic E-state index is -0.117. The molecule has 1 aliphatic heterocycles. The molecule has 3 N–H and O–H groups in total. The minimum Gasteiger partial charge on any atom is -0.383 e. The molecule has 0 spiro atoms. The summed E-state index contributed by atoms with van der Waals surface area (Å²) in [5, 5.41) is 3.50. The number of carbonyl (C=O) groups is 1. The quantitative estimate of drug-likeness (QED) is 0.619. The molecule has 30 heavy (non-hydrogen) atoms. The molecule has 0 bridgehead atoms. The number of nitrogens with one attached hydrogen (secondary N) is 1. The molecular weight excluding hydrogens is 398 g/mol. The molecule has 0 unspecified atom stereocenters. The normalized spacial score (nSPS) is 14.4. The van der Waals surface area contributed by atoms with E-state index in [1.54, 1.807) is 12.1 Å². The number of pyridine rings is 1. The minimum absolute atomic E-state index is 0.117. The molecule has 2 heterocycles. The number of hydrogen-bond acceptors (Lipinski definition) is 4. The first kappa shape index (κ1) is 20.4. The van der Waals surface area contributed by atoms with E-state index in [4.69, 9.17) is 22.1 Å². The van der Waals surface area contributed by atoms with E-state index < -0.39 is 0 Å². The summed E-state index contributed by atoms with van der Waals surface area (Å²) in [6.07, 6.45) is 3.83. The summed E-state index contributed by atoms with van der Waals surface area (Å²) >= 11 is 6.59. The maximum Gasteiger partial charge on any atom is 0.251 e. The maximum atomic E-state index is 12.2. The lowest BCUT2D eigenvalue weighted by molar-refractivity contribution is 0.0853. The fourth-order valence-corrected chi connectivity index (χ4v) is 4.03. The van der Waals surface area contributed by atoms with E-state index in [9.17, 15) is 4.79 Å². The van der Waals surface area contributed by atoms with Crippen molar-refractivity contribution in [2.45, 2.75) is 25.3 Å². The second kappa shape index (κ2) is 9.28. The first-order valence-corrected chi connectivity index (χ1v) is 10.4. The van der Waals surface area contributed by atoms with Gasteiger partial charge in [-0.2, -0.15) is 0 Å². The van der Waals surface area contributed by atoms with Crippen LogP contribution in [0.3, 0.4) is 0 Å². The summed E-state index contributed by atoms with van der Waals surface area (Å²) in [5.41, 5.74) is 10.6. The Morgan fingerprint density at radius 2 is 1.87 bits per heavy atom. The van der Waals surface area contributed by atoms with E-state index >= 15 is 0 Å². The monoisotopic (exact) mass is 421 g/mol. The number of rotatable bonds is 5. The van der Waals surface area contributed by atoms with Gasteiger partial charge in [0.05, 0.1) is 0 Å². The van der Waals surface area contributed by atoms with Crippen LogP contribution in [-0.4, -0.2) is 24.1 Å². The highest BCUT2D eigenvalue weighted by Gasteiger charge is 2.18. The fraction of sp³-hybridized carbons (Fsp3) is 0.250. The summed E-state index contributed by atoms with van der Waals surface area (Å²) in [5.74, 6) is 0.767. The van der Waals surface area contributed by atoms with Gasteiger partial charge >= 0.3 is 0 Å². The van der Waals surface area contributed by atoms with Crippen LogP contribution in [0.2, 0.25) is 5.02 Å². The molecule has 6 heteroatoms. The lowest BCUT2D eigenvalue weighted by Crippen LogP contribution is -2.22. The predicted molar refractivity (Wildman–Crippen MR) is 120 cm³/mol. The molecule has 1 saturated heterocycles. The summed E-state index contributed by atoms with van der Waals surface area (Å²) in [6.45, 7) is 1.94. The Balaban J connectivity index is 1.51. The number of amides is 1. The van der Waals surface area contributed by atoms with Crippen LogP contribution in [0.25, 0.3) is 11.1 Å². The van der Waals surface area contributed by atoms with Gasteiger partial charge in [0.15, 0.2) is 0 Å². The molecule has 2 aromatic carbocycles. The van der Waals surface area contributed by atoms with E-state index in [1.165, 1.54) is 0 Å². The molecule has 1 amide bonds. The largest absolute Gasteiger partial charge is 0.383 e. The number of hydrogen-bond donors (Lipinski definition) is 2. The van der Waals surface area contributed by atoms with Crippen molar-refractivity contribution in [3.05, 3.63) is 82.5 Å². The summed E-state index contributed by atoms with van der Waals surface area (Å²) in [6, 6.07) is 17.0. The van der Waals surface area contributed by atoms with Gasteiger partial charge in [0.1, 0.15) is 5.82 Å². The van der Waals surface area contributed by atoms with Crippen LogP contribution < -0.4 is 11.1 Å². The van der Waals surface area contributed by atoms with Crippen molar-refractivity contribution >= 4 is 23.3 Å². The number of carbonyl (C=O) groups excluding carboxylic acids is 1. The fourth-order valence-electron chi connectivity index (χ4n) is 3.72. The molecule has 0 atom stereocenters. The van der Waals surface area contributed by atoms with Crippen molar-refractivity contribution < 1.29 is 9.53 Å². The van der Waals surface area contributed by atoms with Gasteiger partial charge in [-0.1, -0.05) is 41.9 Å². The first-order chi connectivity index (χ1) is 14.6. The average molecular weight is 422 g/mol. The third-order valence-electron chi connectivity index (χ3n) is 5.45. The molecule has 1 aromatic heterocycles. The lowest BCUT2D eigenvalue weighted by Gasteiger charge is -2.23. The average Bonchev–Trinajstić information content (AvgIpc) is 2.79. The number of halogens is 1. The predicted octanol–water partition coefficient (Wildman–Crippen LogP) is 4.81. The van der Waals surface area contributed by atoms with Crippen LogP contribution >= 0.6 is 11.6 Å². The Bertz CT molecular complexity index is 1030. The van der Waals surface area contributed by atoms with E-state index in [-0.39, 0.29) is 5.91 Å². The Hall–Kier alpha value is -2.89. The van der Waals surface area contributed by atoms with Gasteiger partial charge in [0.25, 0.3) is 5.91 Å². The molecule has 0 aliphatic carbocycles. The highest BCUT2D eigenvalue weighted by Crippen LogP contribution is 2.35. The van der Waals surface area contributed by atoms with Crippen molar-refractivity contribution in [3.8, 4) is 11.1 Å². The molecule has 154 valence electrons. The summed E-state index contributed by atoms with van der Waals surface area (Å²) in [7, 11) is 0. The molecule has 0 radical (unpaired) electrons. The van der Waals surface area contributed by atoms with Crippen molar-refractivity contribution in [1.29, 1.82) is 0 Å². The van der Waals surface area contributed by atoms with Crippen LogP contribution in [0.5, 0.6) is 0 Å². The summed E-state index contributed by atoms with van der Waals surface area (Å²) in [4.78, 5) is 16.7. The van der Waals surface area contributed by atoms with E-state index in [2.05, 4.69) is 16.4 Å². The van der Waals surface area contributed by atoms with E-state index in [0.29, 0.717) is 28.9 Å². The zero-order valence-corrected chi connectivity index (χ0v) is 17.4. The Kier molecular flexibility index (Phi) is 6.31. The molecule has 0 saturated carbocycles. The number of anilines is 1. The number of nitrogens with zero attached hydrogens (tertiary/aromatic N) is 1. The molecular formula is C24H24ClN3O2. The van der Waals surface area contributed by atoms with Crippen LogP contribution in [0.15, 0.2) is 60.8 Å². The number of ether oxygens (including phenoxy) is 1. The zero-order valence-electron chi connectivity index (χ0n) is 16.6. The molecule has 1 fully saturated rings. The highest BCUT2D eigenvalue weighted by molar-refractivity contribution is 6.33. The topological polar surface area (TPSA) is 77.2 Å². The molecule has 3 aromatic rings. The van der Waals surface area contributed by atoms with Crippen LogP contribution in [0, 0.1) is 0 Å². The Morgan fingerprint density at radius 1 is 1.10 bits per heavy atom. The second-order valence-electron chi connectivity index (χ2n) is 7.45. The van der Waals surface area contributed by atoms with Gasteiger partial charge in [0.2, 0.25) is 0 Å². The standard InChI is InChI=1S/C24H24ClN3O2/c25-22-12-16(14-28-24(29)18-4-2-1-3-5-18)6-7-20(22)21-13-19(15-27-23(21)26)17-8-10-30-11-9-17/h1-7,12-13,15,17H,8-11,14H2,(H2,26,27)(H,28,29). The Morgan fingerprint density at radius 3 is 2.60 bits per heavy atom. The molecule has 5 nitrogen and oxygen atoms in total. The highest BCUT2D eigenvalue weighted by atomic mass is 35.5. The van der Waals surface area contributed by atoms with Crippen LogP contribution in [0.4, 0.5) is 5.82 Å². The second-order valence-corrected chi connectivity index (χ2v) is 7.86. The number of benzene rings is 2. The van der Waals surface area contributed by atoms with Gasteiger partial charge in [-0.3, -0.25) is 4.79 Å². The van der Waals surface area contributed by atoms with Crippen molar-refractivity contribution in [3.63, 3.8) is 0 Å². The lowest BCUT2D eigenvalue weighted by atomic mass is 9.91. The van der Waals surface area contributed by atoms with Crippen LogP contribution in [0.1, 0.15) is 40.2 Å². The maximum absolute atomic E-state index is 12.2. The van der Waals surface area contributed by atoms with E-state index in [1.807, 2.05) is 42.6 Å². The summed E-state index contributed by atoms with van der Waals surface area (Å²) < 4.78 is 5.46. The van der Waals surface area contributed by atoms with Gasteiger partial charge < -0.3 is 15.8 Å². The SMILES string of the molecule is Nc1ncc(C2CCOCC2)cc1-c1ccc(CNC(=O)c2ccccc2)cc1Cl. The first-order valence-electron chi connectivity index (χ1n) is 10.1. The van der Waals surface area contributed by atoms with Gasteiger partial charge in [-0.15, -0.1) is 0 Å². The third-order valence-corrected chi connectivity index (χ3v) is 5.76. The van der Waals surface area contributed by atoms with Crippen molar-refractivity contribution in [2.75, 3.05) is 18.9 Å². The van der Waals surface area contributed by atoms with Gasteiger partial charge in [-0.25, -0.2) is 4.98 Å². The van der Waals surface area contributed by atoms with Gasteiger partial charge in [0, 0.05) is 47.7 Å². The molecule has 1 aliphatic rings. The van der Waals surface area contributed by atoms with Gasteiger partial charge in [-0.05, 0) is 54.2 Å². The van der Waals surface area contributed by atoms with Crippen molar-refractivity contribution in [1.82, 2.24) is 10.3 Å². The number of nitrogens with two attached hydrogens (primary N) is 1. The van der Waals surface area contributed by atoms with E-state index in [0.717, 1.165) is 48.3 Å². The molecule has 4 rings (SSSR count). The number of nitrogen functional groups attached to an aromatic ring is 1. The van der Waals surface area contributed by atoms with Crippen molar-refractivity contribution in [2.24, 2.45) is 0 Å². The Labute approximate surface area is 181 Å². The zero-order chi connectivity index (χ0) is 20.9. The third kappa shape index (κ3) is 4.64.